The lowest BCUT2D eigenvalue weighted by molar-refractivity contribution is -0.0173. The molecule has 2 rings (SSSR count). The molecule has 2 N–H and O–H groups in total. The molecular formula is C19H27NO2. The molecule has 1 aliphatic carbocycles. The van der Waals surface area contributed by atoms with E-state index in [1.54, 1.807) is 0 Å². The molecular weight excluding hydrogens is 274 g/mol. The summed E-state index contributed by atoms with van der Waals surface area (Å²) in [5, 5.41) is 20.2. The second-order valence-electron chi connectivity index (χ2n) is 6.26. The Hall–Kier alpha value is -1.34. The van der Waals surface area contributed by atoms with Crippen molar-refractivity contribution in [1.82, 2.24) is 4.90 Å². The van der Waals surface area contributed by atoms with Gasteiger partial charge in [-0.25, -0.2) is 0 Å². The van der Waals surface area contributed by atoms with Crippen LogP contribution in [0, 0.1) is 17.8 Å². The second kappa shape index (κ2) is 8.33. The van der Waals surface area contributed by atoms with Crippen LogP contribution in [0.1, 0.15) is 37.7 Å². The molecule has 0 radical (unpaired) electrons. The van der Waals surface area contributed by atoms with Gasteiger partial charge in [0.15, 0.2) is 0 Å². The van der Waals surface area contributed by atoms with E-state index in [-0.39, 0.29) is 6.61 Å². The van der Waals surface area contributed by atoms with Crippen LogP contribution in [0.4, 0.5) is 0 Å². The van der Waals surface area contributed by atoms with Gasteiger partial charge in [0, 0.05) is 13.0 Å². The van der Waals surface area contributed by atoms with E-state index in [0.29, 0.717) is 25.4 Å². The molecule has 1 atom stereocenters. The van der Waals surface area contributed by atoms with Gasteiger partial charge >= 0.3 is 0 Å². The van der Waals surface area contributed by atoms with Crippen molar-refractivity contribution in [2.45, 2.75) is 37.7 Å². The minimum atomic E-state index is -0.833. The zero-order valence-corrected chi connectivity index (χ0v) is 13.5. The first kappa shape index (κ1) is 17.0. The monoisotopic (exact) mass is 301 g/mol. The lowest BCUT2D eigenvalue weighted by atomic mass is 9.78. The van der Waals surface area contributed by atoms with Gasteiger partial charge in [0.05, 0.1) is 13.2 Å². The molecule has 0 amide bonds. The lowest BCUT2D eigenvalue weighted by Gasteiger charge is -2.33. The lowest BCUT2D eigenvalue weighted by Crippen LogP contribution is -2.33. The zero-order valence-electron chi connectivity index (χ0n) is 13.5. The average Bonchev–Trinajstić information content (AvgIpc) is 3.07. The molecule has 0 heterocycles. The molecule has 0 saturated heterocycles. The molecule has 0 spiro atoms. The number of benzene rings is 1. The highest BCUT2D eigenvalue weighted by Crippen LogP contribution is 2.42. The van der Waals surface area contributed by atoms with Crippen LogP contribution in [-0.2, 0) is 5.60 Å². The Kier molecular flexibility index (Phi) is 6.45. The molecule has 1 aromatic rings. The van der Waals surface area contributed by atoms with Crippen LogP contribution >= 0.6 is 0 Å². The topological polar surface area (TPSA) is 43.7 Å². The van der Waals surface area contributed by atoms with Crippen molar-refractivity contribution in [2.75, 3.05) is 26.7 Å². The van der Waals surface area contributed by atoms with Gasteiger partial charge in [-0.2, -0.15) is 0 Å². The van der Waals surface area contributed by atoms with Crippen molar-refractivity contribution in [2.24, 2.45) is 5.92 Å². The van der Waals surface area contributed by atoms with Crippen LogP contribution in [-0.4, -0.2) is 41.9 Å². The summed E-state index contributed by atoms with van der Waals surface area (Å²) < 4.78 is 0. The fourth-order valence-electron chi connectivity index (χ4n) is 3.25. The van der Waals surface area contributed by atoms with E-state index in [4.69, 9.17) is 5.11 Å². The molecule has 0 bridgehead atoms. The number of nitrogens with zero attached hydrogens (tertiary/aromatic N) is 1. The first-order valence-corrected chi connectivity index (χ1v) is 8.20. The predicted octanol–water partition coefficient (Wildman–Crippen LogP) is 2.38. The summed E-state index contributed by atoms with van der Waals surface area (Å²) in [5.74, 6) is 6.60. The summed E-state index contributed by atoms with van der Waals surface area (Å²) in [4.78, 5) is 1.98. The number of hydrogen-bond donors (Lipinski definition) is 2. The standard InChI is InChI=1S/C19H27NO2/c1-20(15-16-21)14-8-7-13-19(22,18-11-5-6-12-18)17-9-3-2-4-10-17/h2-4,9-10,18,21-22H,5-6,11-16H2,1H3/t19-/m1/s1. The summed E-state index contributed by atoms with van der Waals surface area (Å²) in [5.41, 5.74) is 0.153. The molecule has 3 heteroatoms. The van der Waals surface area contributed by atoms with Crippen molar-refractivity contribution < 1.29 is 10.2 Å². The van der Waals surface area contributed by atoms with Gasteiger partial charge in [0.2, 0.25) is 0 Å². The van der Waals surface area contributed by atoms with E-state index >= 15 is 0 Å². The Bertz CT molecular complexity index is 499. The maximum Gasteiger partial charge on any atom is 0.103 e. The molecule has 1 fully saturated rings. The van der Waals surface area contributed by atoms with E-state index in [9.17, 15) is 5.11 Å². The number of aliphatic hydroxyl groups is 2. The van der Waals surface area contributed by atoms with E-state index in [1.807, 2.05) is 42.3 Å². The summed E-state index contributed by atoms with van der Waals surface area (Å²) >= 11 is 0. The van der Waals surface area contributed by atoms with Crippen LogP contribution in [0.15, 0.2) is 30.3 Å². The van der Waals surface area contributed by atoms with Crippen molar-refractivity contribution in [1.29, 1.82) is 0 Å². The molecule has 1 aromatic carbocycles. The van der Waals surface area contributed by atoms with Crippen molar-refractivity contribution in [3.63, 3.8) is 0 Å². The van der Waals surface area contributed by atoms with Gasteiger partial charge in [0.1, 0.15) is 5.60 Å². The first-order valence-electron chi connectivity index (χ1n) is 8.20. The molecule has 0 unspecified atom stereocenters. The number of likely N-dealkylation sites (N-methyl/N-ethyl adjacent to an activating group) is 1. The van der Waals surface area contributed by atoms with Crippen LogP contribution in [0.5, 0.6) is 0 Å². The van der Waals surface area contributed by atoms with Crippen LogP contribution in [0.25, 0.3) is 0 Å². The maximum absolute atomic E-state index is 11.3. The number of aliphatic hydroxyl groups excluding tert-OH is 1. The molecule has 3 nitrogen and oxygen atoms in total. The van der Waals surface area contributed by atoms with Gasteiger partial charge in [-0.05, 0) is 31.4 Å². The Morgan fingerprint density at radius 3 is 2.50 bits per heavy atom. The van der Waals surface area contributed by atoms with Crippen molar-refractivity contribution >= 4 is 0 Å². The third kappa shape index (κ3) is 4.33. The highest BCUT2D eigenvalue weighted by atomic mass is 16.3. The van der Waals surface area contributed by atoms with E-state index in [1.165, 1.54) is 12.8 Å². The smallest absolute Gasteiger partial charge is 0.103 e. The normalized spacial score (nSPS) is 18.0. The van der Waals surface area contributed by atoms with Gasteiger partial charge in [-0.3, -0.25) is 4.90 Å². The Balaban J connectivity index is 2.07. The van der Waals surface area contributed by atoms with E-state index < -0.39 is 5.60 Å². The predicted molar refractivity (Wildman–Crippen MR) is 89.3 cm³/mol. The van der Waals surface area contributed by atoms with Crippen LogP contribution in [0.3, 0.4) is 0 Å². The van der Waals surface area contributed by atoms with Gasteiger partial charge < -0.3 is 10.2 Å². The number of hydrogen-bond acceptors (Lipinski definition) is 3. The molecule has 120 valence electrons. The van der Waals surface area contributed by atoms with Gasteiger partial charge in [0.25, 0.3) is 0 Å². The molecule has 1 aliphatic rings. The van der Waals surface area contributed by atoms with Crippen LogP contribution in [0.2, 0.25) is 0 Å². The summed E-state index contributed by atoms with van der Waals surface area (Å²) in [6.07, 6.45) is 5.04. The largest absolute Gasteiger partial charge is 0.395 e. The Morgan fingerprint density at radius 2 is 1.86 bits per heavy atom. The van der Waals surface area contributed by atoms with Crippen molar-refractivity contribution in [3.05, 3.63) is 35.9 Å². The third-order valence-corrected chi connectivity index (χ3v) is 4.62. The second-order valence-corrected chi connectivity index (χ2v) is 6.26. The zero-order chi connectivity index (χ0) is 15.8. The number of rotatable bonds is 6. The first-order chi connectivity index (χ1) is 10.7. The Labute approximate surface area is 134 Å². The average molecular weight is 301 g/mol. The van der Waals surface area contributed by atoms with Crippen molar-refractivity contribution in [3.8, 4) is 11.8 Å². The Morgan fingerprint density at radius 1 is 1.18 bits per heavy atom. The SMILES string of the molecule is CN(CC#CC[C@@](O)(c1ccccc1)C1CCCC1)CCO. The molecule has 1 saturated carbocycles. The fourth-order valence-corrected chi connectivity index (χ4v) is 3.25. The summed E-state index contributed by atoms with van der Waals surface area (Å²) in [6.45, 7) is 1.39. The minimum absolute atomic E-state index is 0.147. The fraction of sp³-hybridized carbons (Fsp3) is 0.579. The van der Waals surface area contributed by atoms with Crippen LogP contribution < -0.4 is 0 Å². The highest BCUT2D eigenvalue weighted by Gasteiger charge is 2.39. The van der Waals surface area contributed by atoms with Gasteiger partial charge in [-0.1, -0.05) is 55.0 Å². The van der Waals surface area contributed by atoms with Gasteiger partial charge in [-0.15, -0.1) is 0 Å². The van der Waals surface area contributed by atoms with E-state index in [2.05, 4.69) is 11.8 Å². The molecule has 22 heavy (non-hydrogen) atoms. The highest BCUT2D eigenvalue weighted by molar-refractivity contribution is 5.26. The quantitative estimate of drug-likeness (QED) is 0.793. The molecule has 0 aliphatic heterocycles. The van der Waals surface area contributed by atoms with E-state index in [0.717, 1.165) is 18.4 Å². The maximum atomic E-state index is 11.3. The molecule has 0 aromatic heterocycles. The summed E-state index contributed by atoms with van der Waals surface area (Å²) in [6, 6.07) is 9.97. The third-order valence-electron chi connectivity index (χ3n) is 4.62. The minimum Gasteiger partial charge on any atom is -0.395 e. The summed E-state index contributed by atoms with van der Waals surface area (Å²) in [7, 11) is 1.94.